The maximum atomic E-state index is 13.3. The topological polar surface area (TPSA) is 175 Å². The third-order valence-corrected chi connectivity index (χ3v) is 11.0. The van der Waals surface area contributed by atoms with Gasteiger partial charge in [-0.1, -0.05) is 12.1 Å². The number of aromatic nitrogens is 10. The molecule has 340 valence electrons. The zero-order chi connectivity index (χ0) is 47.4. The van der Waals surface area contributed by atoms with Gasteiger partial charge < -0.3 is 9.47 Å². The van der Waals surface area contributed by atoms with Crippen LogP contribution < -0.4 is 26.2 Å². The highest BCUT2D eigenvalue weighted by Crippen LogP contribution is 2.36. The summed E-state index contributed by atoms with van der Waals surface area (Å²) in [7, 11) is 1.56. The summed E-state index contributed by atoms with van der Waals surface area (Å²) in [4.78, 5) is 69.2. The van der Waals surface area contributed by atoms with Crippen LogP contribution in [0, 0.1) is 12.7 Å². The molecule has 7 heterocycles. The Kier molecular flexibility index (Phi) is 13.3. The van der Waals surface area contributed by atoms with Crippen LogP contribution in [-0.4, -0.2) is 62.3 Å². The summed E-state index contributed by atoms with van der Waals surface area (Å²) in [6, 6.07) is 26.5. The van der Waals surface area contributed by atoms with Crippen molar-refractivity contribution in [2.45, 2.75) is 72.5 Å². The van der Waals surface area contributed by atoms with Gasteiger partial charge in [-0.05, 0) is 133 Å². The van der Waals surface area contributed by atoms with Crippen LogP contribution in [0.5, 0.6) is 11.6 Å². The SMILES string of the molecule is CCOc1ccccc1-c1nc2cccnc2n(C(C)C)c1=O.COc1ccc(-c2nc3cccnc3n(C3CC3)c2=O)cn1.Cc1cc(F)ccc1-c1nc2cccnc2n(C(C)C)c1=O. The molecule has 2 aromatic carbocycles. The summed E-state index contributed by atoms with van der Waals surface area (Å²) < 4.78 is 29.1. The monoisotopic (exact) mass is 900 g/mol. The van der Waals surface area contributed by atoms with Crippen LogP contribution in [0.15, 0.2) is 130 Å². The first-order valence-electron chi connectivity index (χ1n) is 22.0. The Morgan fingerprint density at radius 2 is 1.19 bits per heavy atom. The van der Waals surface area contributed by atoms with Crippen molar-refractivity contribution in [1.82, 2.24) is 48.6 Å². The van der Waals surface area contributed by atoms with Crippen molar-refractivity contribution < 1.29 is 13.9 Å². The van der Waals surface area contributed by atoms with E-state index in [4.69, 9.17) is 9.47 Å². The zero-order valence-electron chi connectivity index (χ0n) is 38.2. The number of benzene rings is 2. The summed E-state index contributed by atoms with van der Waals surface area (Å²) in [5.41, 5.74) is 7.25. The standard InChI is InChI=1S/C18H19N3O2.C17H16FN3O.C16H14N4O2/c1-4-23-15-10-6-5-8-13(15)16-18(22)21(12(2)3)17-14(20-16)9-7-11-19-17;1-10(2)21-16-14(5-4-8-19-16)20-15(17(21)22)13-7-6-12(18)9-11(13)3;1-22-13-7-4-10(9-18-13)14-16(21)20(11-5-6-11)15-12(19-14)3-2-8-17-15/h5-12H,4H2,1-3H3;4-10H,1-3H3;2-4,7-9,11H,5-6H2,1H3. The van der Waals surface area contributed by atoms with Gasteiger partial charge >= 0.3 is 0 Å². The van der Waals surface area contributed by atoms with Gasteiger partial charge in [-0.25, -0.2) is 39.3 Å². The summed E-state index contributed by atoms with van der Waals surface area (Å²) >= 11 is 0. The van der Waals surface area contributed by atoms with Crippen molar-refractivity contribution in [2.75, 3.05) is 13.7 Å². The minimum Gasteiger partial charge on any atom is -0.493 e. The minimum absolute atomic E-state index is 0.0131. The maximum absolute atomic E-state index is 13.3. The number of hydrogen-bond donors (Lipinski definition) is 0. The van der Waals surface area contributed by atoms with Gasteiger partial charge in [-0.15, -0.1) is 0 Å². The second-order valence-electron chi connectivity index (χ2n) is 16.3. The van der Waals surface area contributed by atoms with E-state index in [2.05, 4.69) is 34.9 Å². The van der Waals surface area contributed by atoms with Crippen molar-refractivity contribution in [2.24, 2.45) is 0 Å². The molecule has 0 spiro atoms. The Morgan fingerprint density at radius 3 is 1.72 bits per heavy atom. The highest BCUT2D eigenvalue weighted by atomic mass is 19.1. The van der Waals surface area contributed by atoms with Gasteiger partial charge in [0.05, 0.1) is 13.7 Å². The molecule has 1 aliphatic carbocycles. The lowest BCUT2D eigenvalue weighted by atomic mass is 10.1. The van der Waals surface area contributed by atoms with Crippen LogP contribution in [-0.2, 0) is 0 Å². The molecule has 1 fully saturated rings. The smallest absolute Gasteiger partial charge is 0.279 e. The van der Waals surface area contributed by atoms with Crippen LogP contribution >= 0.6 is 0 Å². The zero-order valence-corrected chi connectivity index (χ0v) is 38.2. The first kappa shape index (κ1) is 45.6. The molecule has 0 atom stereocenters. The molecule has 0 aliphatic heterocycles. The van der Waals surface area contributed by atoms with Crippen LogP contribution in [0.4, 0.5) is 4.39 Å². The Bertz CT molecular complexity index is 3440. The second-order valence-corrected chi connectivity index (χ2v) is 16.3. The van der Waals surface area contributed by atoms with Gasteiger partial charge in [0.2, 0.25) is 5.88 Å². The normalized spacial score (nSPS) is 12.2. The molecule has 15 nitrogen and oxygen atoms in total. The molecule has 10 rings (SSSR count). The van der Waals surface area contributed by atoms with Crippen LogP contribution in [0.1, 0.15) is 71.1 Å². The van der Waals surface area contributed by atoms with Crippen molar-refractivity contribution in [1.29, 1.82) is 0 Å². The van der Waals surface area contributed by atoms with Crippen molar-refractivity contribution in [3.63, 3.8) is 0 Å². The summed E-state index contributed by atoms with van der Waals surface area (Å²) in [5.74, 6) is 0.847. The van der Waals surface area contributed by atoms with E-state index in [1.807, 2.05) is 89.2 Å². The number of methoxy groups -OCH3 is 1. The number of nitrogens with zero attached hydrogens (tertiary/aromatic N) is 10. The molecule has 1 saturated carbocycles. The molecule has 0 bridgehead atoms. The van der Waals surface area contributed by atoms with E-state index in [0.29, 0.717) is 85.5 Å². The Hall–Kier alpha value is -8.01. The van der Waals surface area contributed by atoms with E-state index < -0.39 is 0 Å². The maximum Gasteiger partial charge on any atom is 0.279 e. The fourth-order valence-corrected chi connectivity index (χ4v) is 7.77. The van der Waals surface area contributed by atoms with E-state index in [-0.39, 0.29) is 40.6 Å². The number of para-hydroxylation sites is 1. The van der Waals surface area contributed by atoms with E-state index in [1.54, 1.807) is 76.8 Å². The fraction of sp³-hybridized carbons (Fsp3) is 0.255. The van der Waals surface area contributed by atoms with Crippen molar-refractivity contribution >= 4 is 33.5 Å². The number of halogens is 1. The van der Waals surface area contributed by atoms with Gasteiger partial charge in [0, 0.05) is 65.7 Å². The number of hydrogen-bond acceptors (Lipinski definition) is 12. The quantitative estimate of drug-likeness (QED) is 0.135. The van der Waals surface area contributed by atoms with E-state index in [9.17, 15) is 18.8 Å². The Morgan fingerprint density at radius 1 is 0.642 bits per heavy atom. The van der Waals surface area contributed by atoms with Crippen LogP contribution in [0.25, 0.3) is 67.3 Å². The number of fused-ring (bicyclic) bond motifs is 3. The van der Waals surface area contributed by atoms with E-state index in [1.165, 1.54) is 12.1 Å². The molecule has 0 unspecified atom stereocenters. The van der Waals surface area contributed by atoms with Crippen LogP contribution in [0.2, 0.25) is 0 Å². The van der Waals surface area contributed by atoms with Gasteiger partial charge in [0.1, 0.15) is 45.2 Å². The predicted octanol–water partition coefficient (Wildman–Crippen LogP) is 9.12. The van der Waals surface area contributed by atoms with Gasteiger partial charge in [-0.2, -0.15) is 0 Å². The third-order valence-electron chi connectivity index (χ3n) is 11.0. The summed E-state index contributed by atoms with van der Waals surface area (Å²) in [6.45, 7) is 12.0. The highest BCUT2D eigenvalue weighted by Gasteiger charge is 2.29. The van der Waals surface area contributed by atoms with Crippen molar-refractivity contribution in [3.8, 4) is 45.4 Å². The number of pyridine rings is 4. The Labute approximate surface area is 384 Å². The second kappa shape index (κ2) is 19.6. The first-order valence-corrected chi connectivity index (χ1v) is 22.0. The number of aryl methyl sites for hydroxylation is 1. The van der Waals surface area contributed by atoms with Gasteiger partial charge in [0.15, 0.2) is 16.9 Å². The number of rotatable bonds is 9. The highest BCUT2D eigenvalue weighted by molar-refractivity contribution is 5.77. The molecule has 9 aromatic rings. The van der Waals surface area contributed by atoms with Gasteiger partial charge in [-0.3, -0.25) is 28.1 Å². The lowest BCUT2D eigenvalue weighted by Gasteiger charge is -2.15. The van der Waals surface area contributed by atoms with E-state index in [0.717, 1.165) is 18.4 Å². The minimum atomic E-state index is -0.326. The molecule has 1 aliphatic rings. The Balaban J connectivity index is 0.000000136. The third kappa shape index (κ3) is 9.41. The lowest BCUT2D eigenvalue weighted by molar-refractivity contribution is 0.341. The summed E-state index contributed by atoms with van der Waals surface area (Å²) in [6.07, 6.45) is 8.64. The average molecular weight is 901 g/mol. The molecule has 7 aromatic heterocycles. The largest absolute Gasteiger partial charge is 0.493 e. The molecule has 67 heavy (non-hydrogen) atoms. The predicted molar refractivity (Wildman–Crippen MR) is 257 cm³/mol. The average Bonchev–Trinajstić information content (AvgIpc) is 4.17. The fourth-order valence-electron chi connectivity index (χ4n) is 7.77. The van der Waals surface area contributed by atoms with Crippen molar-refractivity contribution in [3.05, 3.63) is 158 Å². The molecule has 16 heteroatoms. The van der Waals surface area contributed by atoms with Crippen LogP contribution in [0.3, 0.4) is 0 Å². The molecular formula is C51H49FN10O5. The number of ether oxygens (including phenoxy) is 2. The molecular weight excluding hydrogens is 852 g/mol. The molecule has 0 N–H and O–H groups in total. The van der Waals surface area contributed by atoms with Gasteiger partial charge in [0.25, 0.3) is 16.7 Å². The molecule has 0 saturated heterocycles. The summed E-state index contributed by atoms with van der Waals surface area (Å²) in [5, 5.41) is 0. The lowest BCUT2D eigenvalue weighted by Crippen LogP contribution is -2.26. The first-order chi connectivity index (χ1) is 32.4. The molecule has 0 amide bonds. The molecule has 0 radical (unpaired) electrons. The van der Waals surface area contributed by atoms with E-state index >= 15 is 0 Å².